The number of anilines is 1. The molecule has 1 aromatic carbocycles. The SMILES string of the molecule is COc1cc(NC(=O)CN2CCN(C=O)CC2)cc(OC)c1OC. The molecular weight excluding hydrogens is 314 g/mol. The monoisotopic (exact) mass is 337 g/mol. The Morgan fingerprint density at radius 3 is 2.12 bits per heavy atom. The number of carbonyl (C=O) groups excluding carboxylic acids is 2. The molecule has 0 radical (unpaired) electrons. The second kappa shape index (κ2) is 8.39. The third-order valence-electron chi connectivity index (χ3n) is 3.87. The molecule has 0 unspecified atom stereocenters. The van der Waals surface area contributed by atoms with Crippen LogP contribution in [0.3, 0.4) is 0 Å². The van der Waals surface area contributed by atoms with Gasteiger partial charge in [0.25, 0.3) is 0 Å². The Morgan fingerprint density at radius 1 is 1.08 bits per heavy atom. The lowest BCUT2D eigenvalue weighted by molar-refractivity contribution is -0.120. The molecule has 0 spiro atoms. The number of piperazine rings is 1. The molecule has 1 aromatic rings. The van der Waals surface area contributed by atoms with Crippen LogP contribution in [0.15, 0.2) is 12.1 Å². The summed E-state index contributed by atoms with van der Waals surface area (Å²) in [5, 5.41) is 2.84. The summed E-state index contributed by atoms with van der Waals surface area (Å²) in [4.78, 5) is 26.6. The first kappa shape index (κ1) is 17.9. The number of hydrogen-bond acceptors (Lipinski definition) is 6. The Kier molecular flexibility index (Phi) is 6.25. The maximum atomic E-state index is 12.2. The van der Waals surface area contributed by atoms with Gasteiger partial charge in [-0.1, -0.05) is 0 Å². The van der Waals surface area contributed by atoms with Crippen molar-refractivity contribution >= 4 is 18.0 Å². The number of ether oxygens (including phenoxy) is 3. The third kappa shape index (κ3) is 4.29. The molecule has 8 nitrogen and oxygen atoms in total. The molecule has 1 saturated heterocycles. The molecule has 24 heavy (non-hydrogen) atoms. The van der Waals surface area contributed by atoms with E-state index in [9.17, 15) is 9.59 Å². The molecule has 0 aromatic heterocycles. The lowest BCUT2D eigenvalue weighted by atomic mass is 10.2. The maximum absolute atomic E-state index is 12.2. The normalized spacial score (nSPS) is 14.9. The molecule has 1 fully saturated rings. The van der Waals surface area contributed by atoms with E-state index in [0.717, 1.165) is 6.41 Å². The van der Waals surface area contributed by atoms with Gasteiger partial charge in [0.05, 0.1) is 27.9 Å². The second-order valence-electron chi connectivity index (χ2n) is 5.38. The van der Waals surface area contributed by atoms with Gasteiger partial charge in [0.15, 0.2) is 11.5 Å². The summed E-state index contributed by atoms with van der Waals surface area (Å²) in [7, 11) is 4.57. The van der Waals surface area contributed by atoms with Gasteiger partial charge in [-0.2, -0.15) is 0 Å². The first-order valence-corrected chi connectivity index (χ1v) is 7.62. The fraction of sp³-hybridized carbons (Fsp3) is 0.500. The summed E-state index contributed by atoms with van der Waals surface area (Å²) < 4.78 is 15.8. The molecule has 1 heterocycles. The van der Waals surface area contributed by atoms with Gasteiger partial charge in [-0.05, 0) is 0 Å². The van der Waals surface area contributed by atoms with E-state index in [0.29, 0.717) is 49.1 Å². The van der Waals surface area contributed by atoms with Crippen LogP contribution in [-0.2, 0) is 9.59 Å². The maximum Gasteiger partial charge on any atom is 0.238 e. The number of carbonyl (C=O) groups is 2. The van der Waals surface area contributed by atoms with Gasteiger partial charge in [0.1, 0.15) is 0 Å². The molecule has 0 aliphatic carbocycles. The van der Waals surface area contributed by atoms with Gasteiger partial charge in [-0.3, -0.25) is 14.5 Å². The Morgan fingerprint density at radius 2 is 1.67 bits per heavy atom. The van der Waals surface area contributed by atoms with E-state index in [2.05, 4.69) is 5.32 Å². The Bertz CT molecular complexity index is 560. The number of nitrogens with one attached hydrogen (secondary N) is 1. The summed E-state index contributed by atoms with van der Waals surface area (Å²) >= 11 is 0. The van der Waals surface area contributed by atoms with Crippen molar-refractivity contribution in [2.75, 3.05) is 59.4 Å². The molecule has 132 valence electrons. The molecule has 8 heteroatoms. The van der Waals surface area contributed by atoms with E-state index in [1.807, 2.05) is 4.90 Å². The first-order chi connectivity index (χ1) is 11.6. The van der Waals surface area contributed by atoms with Crippen molar-refractivity contribution in [1.82, 2.24) is 9.80 Å². The van der Waals surface area contributed by atoms with E-state index < -0.39 is 0 Å². The number of rotatable bonds is 7. The van der Waals surface area contributed by atoms with Crippen molar-refractivity contribution in [3.8, 4) is 17.2 Å². The highest BCUT2D eigenvalue weighted by atomic mass is 16.5. The van der Waals surface area contributed by atoms with E-state index in [-0.39, 0.29) is 12.5 Å². The van der Waals surface area contributed by atoms with Crippen LogP contribution in [-0.4, -0.2) is 76.2 Å². The summed E-state index contributed by atoms with van der Waals surface area (Å²) in [6.07, 6.45) is 0.841. The van der Waals surface area contributed by atoms with E-state index in [1.165, 1.54) is 21.3 Å². The van der Waals surface area contributed by atoms with Gasteiger partial charge < -0.3 is 24.4 Å². The highest BCUT2D eigenvalue weighted by Gasteiger charge is 2.19. The number of methoxy groups -OCH3 is 3. The van der Waals surface area contributed by atoms with Crippen molar-refractivity contribution in [1.29, 1.82) is 0 Å². The number of nitrogens with zero attached hydrogens (tertiary/aromatic N) is 2. The summed E-state index contributed by atoms with van der Waals surface area (Å²) in [5.74, 6) is 1.30. The molecule has 2 rings (SSSR count). The van der Waals surface area contributed by atoms with E-state index in [4.69, 9.17) is 14.2 Å². The lowest BCUT2D eigenvalue weighted by Crippen LogP contribution is -2.48. The van der Waals surface area contributed by atoms with Crippen LogP contribution >= 0.6 is 0 Å². The highest BCUT2D eigenvalue weighted by molar-refractivity contribution is 5.93. The predicted octanol–water partition coefficient (Wildman–Crippen LogP) is 0.425. The largest absolute Gasteiger partial charge is 0.493 e. The molecule has 0 bridgehead atoms. The molecule has 1 N–H and O–H groups in total. The second-order valence-corrected chi connectivity index (χ2v) is 5.38. The molecular formula is C16H23N3O5. The van der Waals surface area contributed by atoms with Crippen molar-refractivity contribution in [3.05, 3.63) is 12.1 Å². The standard InChI is InChI=1S/C16H23N3O5/c1-22-13-8-12(9-14(23-2)16(13)24-3)17-15(21)10-18-4-6-19(11-20)7-5-18/h8-9,11H,4-7,10H2,1-3H3,(H,17,21). The summed E-state index contributed by atoms with van der Waals surface area (Å²) in [6, 6.07) is 3.37. The van der Waals surface area contributed by atoms with E-state index >= 15 is 0 Å². The quantitative estimate of drug-likeness (QED) is 0.727. The Hall–Kier alpha value is -2.48. The van der Waals surface area contributed by atoms with Crippen LogP contribution in [0.5, 0.6) is 17.2 Å². The molecule has 1 aliphatic heterocycles. The van der Waals surface area contributed by atoms with Crippen molar-refractivity contribution in [2.24, 2.45) is 0 Å². The summed E-state index contributed by atoms with van der Waals surface area (Å²) in [5.41, 5.74) is 0.570. The fourth-order valence-corrected chi connectivity index (χ4v) is 2.58. The van der Waals surface area contributed by atoms with Crippen LogP contribution in [0.1, 0.15) is 0 Å². The zero-order valence-electron chi connectivity index (χ0n) is 14.2. The minimum atomic E-state index is -0.135. The minimum Gasteiger partial charge on any atom is -0.493 e. The number of benzene rings is 1. The first-order valence-electron chi connectivity index (χ1n) is 7.62. The van der Waals surface area contributed by atoms with Gasteiger partial charge in [0.2, 0.25) is 18.1 Å². The van der Waals surface area contributed by atoms with Crippen LogP contribution in [0.2, 0.25) is 0 Å². The van der Waals surface area contributed by atoms with Crippen molar-refractivity contribution in [3.63, 3.8) is 0 Å². The average Bonchev–Trinajstić information content (AvgIpc) is 2.61. The third-order valence-corrected chi connectivity index (χ3v) is 3.87. The Labute approximate surface area is 141 Å². The van der Waals surface area contributed by atoms with Crippen LogP contribution in [0, 0.1) is 0 Å². The van der Waals surface area contributed by atoms with Crippen molar-refractivity contribution in [2.45, 2.75) is 0 Å². The number of amides is 2. The van der Waals surface area contributed by atoms with Crippen LogP contribution in [0.25, 0.3) is 0 Å². The minimum absolute atomic E-state index is 0.135. The summed E-state index contributed by atoms with van der Waals surface area (Å²) in [6.45, 7) is 2.91. The highest BCUT2D eigenvalue weighted by Crippen LogP contribution is 2.39. The van der Waals surface area contributed by atoms with Crippen LogP contribution in [0.4, 0.5) is 5.69 Å². The average molecular weight is 337 g/mol. The molecule has 2 amide bonds. The topological polar surface area (TPSA) is 80.3 Å². The fourth-order valence-electron chi connectivity index (χ4n) is 2.58. The lowest BCUT2D eigenvalue weighted by Gasteiger charge is -2.31. The van der Waals surface area contributed by atoms with Crippen LogP contribution < -0.4 is 19.5 Å². The van der Waals surface area contributed by atoms with Gasteiger partial charge in [0, 0.05) is 44.0 Å². The van der Waals surface area contributed by atoms with E-state index in [1.54, 1.807) is 17.0 Å². The van der Waals surface area contributed by atoms with Crippen molar-refractivity contribution < 1.29 is 23.8 Å². The molecule has 0 saturated carbocycles. The molecule has 1 aliphatic rings. The zero-order valence-corrected chi connectivity index (χ0v) is 14.2. The number of hydrogen-bond donors (Lipinski definition) is 1. The Balaban J connectivity index is 2.00. The molecule has 0 atom stereocenters. The predicted molar refractivity (Wildman–Crippen MR) is 88.8 cm³/mol. The van der Waals surface area contributed by atoms with Gasteiger partial charge in [-0.25, -0.2) is 0 Å². The van der Waals surface area contributed by atoms with Gasteiger partial charge in [-0.15, -0.1) is 0 Å². The smallest absolute Gasteiger partial charge is 0.238 e. The zero-order chi connectivity index (χ0) is 17.5. The van der Waals surface area contributed by atoms with Gasteiger partial charge >= 0.3 is 0 Å².